The maximum absolute atomic E-state index is 5.45. The molecule has 1 aromatic heterocycles. The van der Waals surface area contributed by atoms with Gasteiger partial charge in [-0.05, 0) is 42.6 Å². The Morgan fingerprint density at radius 1 is 1.12 bits per heavy atom. The van der Waals surface area contributed by atoms with Crippen LogP contribution in [-0.4, -0.2) is 55.5 Å². The second-order valence-electron chi connectivity index (χ2n) is 6.69. The number of nitrogens with zero attached hydrogens (tertiary/aromatic N) is 3. The number of fused-ring (bicyclic) bond motifs is 1. The van der Waals surface area contributed by atoms with Crippen molar-refractivity contribution in [2.24, 2.45) is 0 Å². The van der Waals surface area contributed by atoms with Gasteiger partial charge >= 0.3 is 0 Å². The number of hydrogen-bond acceptors (Lipinski definition) is 5. The summed E-state index contributed by atoms with van der Waals surface area (Å²) in [6.07, 6.45) is 3.11. The van der Waals surface area contributed by atoms with E-state index in [-0.39, 0.29) is 0 Å². The molecule has 0 spiro atoms. The lowest BCUT2D eigenvalue weighted by Gasteiger charge is -2.36. The molecule has 1 fully saturated rings. The molecular formula is C20H25N3OS. The van der Waals surface area contributed by atoms with Crippen molar-refractivity contribution in [2.75, 3.05) is 50.5 Å². The van der Waals surface area contributed by atoms with Crippen molar-refractivity contribution in [1.29, 1.82) is 0 Å². The fourth-order valence-electron chi connectivity index (χ4n) is 3.77. The summed E-state index contributed by atoms with van der Waals surface area (Å²) >= 11 is 2.02. The van der Waals surface area contributed by atoms with Crippen LogP contribution in [0, 0.1) is 0 Å². The standard InChI is InChI=1S/C20H25N3OS/c1-24-18-6-4-9-21-20(18)23-13-11-22(12-14-23)10-8-16-15-25-19-7-3-2-5-17(16)19/h2-7,9,16H,8,10-15H2,1H3. The highest BCUT2D eigenvalue weighted by Crippen LogP contribution is 2.41. The van der Waals surface area contributed by atoms with Crippen LogP contribution in [0.2, 0.25) is 0 Å². The predicted molar refractivity (Wildman–Crippen MR) is 104 cm³/mol. The Bertz CT molecular complexity index is 716. The van der Waals surface area contributed by atoms with E-state index >= 15 is 0 Å². The smallest absolute Gasteiger partial charge is 0.171 e. The number of hydrogen-bond donors (Lipinski definition) is 0. The molecule has 25 heavy (non-hydrogen) atoms. The number of rotatable bonds is 5. The predicted octanol–water partition coefficient (Wildman–Crippen LogP) is 3.49. The number of pyridine rings is 1. The Labute approximate surface area is 154 Å². The number of anilines is 1. The van der Waals surface area contributed by atoms with Gasteiger partial charge in [0.15, 0.2) is 11.6 Å². The van der Waals surface area contributed by atoms with E-state index < -0.39 is 0 Å². The van der Waals surface area contributed by atoms with Gasteiger partial charge in [0.1, 0.15) is 0 Å². The lowest BCUT2D eigenvalue weighted by molar-refractivity contribution is 0.249. The average Bonchev–Trinajstić information content (AvgIpc) is 3.10. The highest BCUT2D eigenvalue weighted by atomic mass is 32.2. The second kappa shape index (κ2) is 7.67. The molecule has 5 heteroatoms. The van der Waals surface area contributed by atoms with Gasteiger partial charge in [-0.1, -0.05) is 18.2 Å². The van der Waals surface area contributed by atoms with Gasteiger partial charge in [-0.15, -0.1) is 11.8 Å². The minimum atomic E-state index is 0.718. The van der Waals surface area contributed by atoms with Crippen LogP contribution in [-0.2, 0) is 0 Å². The van der Waals surface area contributed by atoms with Gasteiger partial charge in [-0.25, -0.2) is 4.98 Å². The maximum atomic E-state index is 5.45. The van der Waals surface area contributed by atoms with Crippen LogP contribution in [0.15, 0.2) is 47.5 Å². The van der Waals surface area contributed by atoms with Crippen LogP contribution in [0.5, 0.6) is 5.75 Å². The molecule has 0 saturated carbocycles. The van der Waals surface area contributed by atoms with Crippen LogP contribution in [0.3, 0.4) is 0 Å². The molecule has 4 nitrogen and oxygen atoms in total. The van der Waals surface area contributed by atoms with Gasteiger partial charge in [0.2, 0.25) is 0 Å². The summed E-state index contributed by atoms with van der Waals surface area (Å²) in [7, 11) is 1.72. The van der Waals surface area contributed by atoms with E-state index in [9.17, 15) is 0 Å². The molecule has 2 aliphatic heterocycles. The van der Waals surface area contributed by atoms with Gasteiger partial charge in [0, 0.05) is 43.0 Å². The fraction of sp³-hybridized carbons (Fsp3) is 0.450. The van der Waals surface area contributed by atoms with E-state index in [1.807, 2.05) is 30.1 Å². The lowest BCUT2D eigenvalue weighted by atomic mass is 9.97. The number of thioether (sulfide) groups is 1. The van der Waals surface area contributed by atoms with Gasteiger partial charge < -0.3 is 9.64 Å². The molecular weight excluding hydrogens is 330 g/mol. The van der Waals surface area contributed by atoms with E-state index in [0.717, 1.165) is 43.7 Å². The van der Waals surface area contributed by atoms with Crippen molar-refractivity contribution in [3.63, 3.8) is 0 Å². The van der Waals surface area contributed by atoms with Gasteiger partial charge in [-0.2, -0.15) is 0 Å². The third-order valence-corrected chi connectivity index (χ3v) is 6.49. The minimum absolute atomic E-state index is 0.718. The molecule has 3 heterocycles. The third kappa shape index (κ3) is 3.62. The summed E-state index contributed by atoms with van der Waals surface area (Å²) in [5.41, 5.74) is 1.56. The second-order valence-corrected chi connectivity index (χ2v) is 7.75. The van der Waals surface area contributed by atoms with Crippen molar-refractivity contribution >= 4 is 17.6 Å². The van der Waals surface area contributed by atoms with Crippen LogP contribution < -0.4 is 9.64 Å². The lowest BCUT2D eigenvalue weighted by Crippen LogP contribution is -2.47. The normalized spacial score (nSPS) is 20.5. The van der Waals surface area contributed by atoms with Gasteiger partial charge in [0.05, 0.1) is 7.11 Å². The number of piperazine rings is 1. The summed E-state index contributed by atoms with van der Waals surface area (Å²) in [5.74, 6) is 3.81. The van der Waals surface area contributed by atoms with Crippen LogP contribution in [0.1, 0.15) is 17.9 Å². The van der Waals surface area contributed by atoms with Crippen molar-refractivity contribution < 1.29 is 4.74 Å². The molecule has 4 rings (SSSR count). The zero-order valence-corrected chi connectivity index (χ0v) is 15.5. The molecule has 1 saturated heterocycles. The number of ether oxygens (including phenoxy) is 1. The van der Waals surface area contributed by atoms with Crippen molar-refractivity contribution in [2.45, 2.75) is 17.2 Å². The summed E-state index contributed by atoms with van der Waals surface area (Å²) in [6.45, 7) is 5.42. The highest BCUT2D eigenvalue weighted by molar-refractivity contribution is 7.99. The minimum Gasteiger partial charge on any atom is -0.493 e. The van der Waals surface area contributed by atoms with Crippen LogP contribution >= 0.6 is 11.8 Å². The van der Waals surface area contributed by atoms with E-state index in [1.165, 1.54) is 23.6 Å². The van der Waals surface area contributed by atoms with Crippen molar-refractivity contribution in [1.82, 2.24) is 9.88 Å². The molecule has 132 valence electrons. The Hall–Kier alpha value is -1.72. The first-order chi connectivity index (χ1) is 12.3. The molecule has 2 aliphatic rings. The van der Waals surface area contributed by atoms with Crippen LogP contribution in [0.25, 0.3) is 0 Å². The molecule has 1 unspecified atom stereocenters. The first kappa shape index (κ1) is 16.7. The Morgan fingerprint density at radius 3 is 2.80 bits per heavy atom. The van der Waals surface area contributed by atoms with Crippen molar-refractivity contribution in [3.8, 4) is 5.75 Å². The van der Waals surface area contributed by atoms with Crippen LogP contribution in [0.4, 0.5) is 5.82 Å². The third-order valence-electron chi connectivity index (χ3n) is 5.24. The number of methoxy groups -OCH3 is 1. The van der Waals surface area contributed by atoms with Gasteiger partial charge in [-0.3, -0.25) is 4.90 Å². The average molecular weight is 356 g/mol. The summed E-state index contributed by atoms with van der Waals surface area (Å²) in [5, 5.41) is 0. The molecule has 1 aromatic carbocycles. The monoisotopic (exact) mass is 355 g/mol. The molecule has 2 aromatic rings. The maximum Gasteiger partial charge on any atom is 0.171 e. The van der Waals surface area contributed by atoms with Crippen molar-refractivity contribution in [3.05, 3.63) is 48.2 Å². The molecule has 0 bridgehead atoms. The molecule has 0 radical (unpaired) electrons. The topological polar surface area (TPSA) is 28.6 Å². The SMILES string of the molecule is COc1cccnc1N1CCN(CCC2CSc3ccccc32)CC1. The molecule has 0 amide bonds. The number of aromatic nitrogens is 1. The van der Waals surface area contributed by atoms with E-state index in [0.29, 0.717) is 0 Å². The zero-order valence-electron chi connectivity index (χ0n) is 14.7. The Kier molecular flexibility index (Phi) is 5.13. The quantitative estimate of drug-likeness (QED) is 0.819. The van der Waals surface area contributed by atoms with Gasteiger partial charge in [0.25, 0.3) is 0 Å². The summed E-state index contributed by atoms with van der Waals surface area (Å²) < 4.78 is 5.45. The zero-order chi connectivity index (χ0) is 17.1. The molecule has 1 atom stereocenters. The first-order valence-corrected chi connectivity index (χ1v) is 10.0. The highest BCUT2D eigenvalue weighted by Gasteiger charge is 2.25. The Morgan fingerprint density at radius 2 is 1.96 bits per heavy atom. The summed E-state index contributed by atoms with van der Waals surface area (Å²) in [4.78, 5) is 10.9. The first-order valence-electron chi connectivity index (χ1n) is 9.03. The Balaban J connectivity index is 1.30. The number of benzene rings is 1. The largest absolute Gasteiger partial charge is 0.493 e. The fourth-order valence-corrected chi connectivity index (χ4v) is 5.07. The van der Waals surface area contributed by atoms with E-state index in [1.54, 1.807) is 12.7 Å². The van der Waals surface area contributed by atoms with E-state index in [4.69, 9.17) is 4.74 Å². The molecule has 0 N–H and O–H groups in total. The molecule has 0 aliphatic carbocycles. The van der Waals surface area contributed by atoms with E-state index in [2.05, 4.69) is 39.0 Å². The summed E-state index contributed by atoms with van der Waals surface area (Å²) in [6, 6.07) is 12.8.